The number of carbonyl (C=O) groups is 2. The van der Waals surface area contributed by atoms with Crippen molar-refractivity contribution >= 4 is 11.8 Å². The van der Waals surface area contributed by atoms with Crippen LogP contribution in [0.4, 0.5) is 0 Å². The number of amides is 2. The molecular weight excluding hydrogens is 340 g/mol. The summed E-state index contributed by atoms with van der Waals surface area (Å²) in [4.78, 5) is 30.0. The van der Waals surface area contributed by atoms with Gasteiger partial charge in [0.15, 0.2) is 5.82 Å². The van der Waals surface area contributed by atoms with Crippen LogP contribution in [0.2, 0.25) is 0 Å². The van der Waals surface area contributed by atoms with Gasteiger partial charge in [0.25, 0.3) is 0 Å². The molecular formula is C17H20N4O5. The fourth-order valence-electron chi connectivity index (χ4n) is 2.58. The standard InChI is InChI=1S/C17H20N4O5/c1-24-13-5-3-2-4-12(13)11-18-16(23)17-19-14(20-26-17)10-15(22)21-6-8-25-9-7-21/h2-5H,6-11H2,1H3,(H,18,23). The van der Waals surface area contributed by atoms with Gasteiger partial charge in [-0.1, -0.05) is 23.4 Å². The lowest BCUT2D eigenvalue weighted by Gasteiger charge is -2.26. The molecule has 9 nitrogen and oxygen atoms in total. The SMILES string of the molecule is COc1ccccc1CNC(=O)c1nc(CC(=O)N2CCOCC2)no1. The predicted octanol–water partition coefficient (Wildman–Crippen LogP) is 0.409. The molecule has 0 bridgehead atoms. The van der Waals surface area contributed by atoms with Gasteiger partial charge in [0.2, 0.25) is 5.91 Å². The first-order chi connectivity index (χ1) is 12.7. The Bertz CT molecular complexity index is 770. The molecule has 1 fully saturated rings. The highest BCUT2D eigenvalue weighted by molar-refractivity contribution is 5.89. The van der Waals surface area contributed by atoms with Crippen LogP contribution in [0.3, 0.4) is 0 Å². The van der Waals surface area contributed by atoms with Crippen LogP contribution < -0.4 is 10.1 Å². The number of hydrogen-bond donors (Lipinski definition) is 1. The van der Waals surface area contributed by atoms with Crippen molar-refractivity contribution in [1.29, 1.82) is 0 Å². The second-order valence-electron chi connectivity index (χ2n) is 5.68. The number of ether oxygens (including phenoxy) is 2. The first kappa shape index (κ1) is 17.9. The number of hydrogen-bond acceptors (Lipinski definition) is 7. The molecule has 1 N–H and O–H groups in total. The van der Waals surface area contributed by atoms with E-state index in [1.165, 1.54) is 0 Å². The number of methoxy groups -OCH3 is 1. The Morgan fingerprint density at radius 2 is 2.04 bits per heavy atom. The molecule has 1 aliphatic rings. The van der Waals surface area contributed by atoms with Crippen LogP contribution >= 0.6 is 0 Å². The molecule has 1 aliphatic heterocycles. The van der Waals surface area contributed by atoms with Crippen LogP contribution in [0.5, 0.6) is 5.75 Å². The van der Waals surface area contributed by atoms with Crippen LogP contribution in [0.1, 0.15) is 22.1 Å². The molecule has 0 unspecified atom stereocenters. The fraction of sp³-hybridized carbons (Fsp3) is 0.412. The van der Waals surface area contributed by atoms with Crippen molar-refractivity contribution in [2.24, 2.45) is 0 Å². The quantitative estimate of drug-likeness (QED) is 0.795. The van der Waals surface area contributed by atoms with Crippen molar-refractivity contribution in [1.82, 2.24) is 20.4 Å². The van der Waals surface area contributed by atoms with E-state index in [4.69, 9.17) is 14.0 Å². The van der Waals surface area contributed by atoms with E-state index in [9.17, 15) is 9.59 Å². The Balaban J connectivity index is 1.55. The third kappa shape index (κ3) is 4.37. The Morgan fingerprint density at radius 3 is 2.81 bits per heavy atom. The summed E-state index contributed by atoms with van der Waals surface area (Å²) in [7, 11) is 1.57. The fourth-order valence-corrected chi connectivity index (χ4v) is 2.58. The first-order valence-electron chi connectivity index (χ1n) is 8.25. The van der Waals surface area contributed by atoms with E-state index in [0.717, 1.165) is 5.56 Å². The molecule has 2 aromatic rings. The number of carbonyl (C=O) groups excluding carboxylic acids is 2. The minimum atomic E-state index is -0.506. The van der Waals surface area contributed by atoms with Crippen LogP contribution in [0.25, 0.3) is 0 Å². The van der Waals surface area contributed by atoms with Crippen LogP contribution in [0.15, 0.2) is 28.8 Å². The zero-order chi connectivity index (χ0) is 18.4. The Labute approximate surface area is 150 Å². The van der Waals surface area contributed by atoms with E-state index >= 15 is 0 Å². The normalized spacial score (nSPS) is 14.1. The summed E-state index contributed by atoms with van der Waals surface area (Å²) in [6.07, 6.45) is -0.0106. The zero-order valence-electron chi connectivity index (χ0n) is 14.4. The number of rotatable bonds is 6. The second-order valence-corrected chi connectivity index (χ2v) is 5.68. The summed E-state index contributed by atoms with van der Waals surface area (Å²) in [5, 5.41) is 6.40. The van der Waals surface area contributed by atoms with Crippen LogP contribution in [-0.2, 0) is 22.5 Å². The minimum Gasteiger partial charge on any atom is -0.496 e. The van der Waals surface area contributed by atoms with Crippen molar-refractivity contribution in [3.63, 3.8) is 0 Å². The highest BCUT2D eigenvalue weighted by Gasteiger charge is 2.21. The molecule has 9 heteroatoms. The van der Waals surface area contributed by atoms with Gasteiger partial charge in [0.1, 0.15) is 5.75 Å². The molecule has 2 amide bonds. The summed E-state index contributed by atoms with van der Waals surface area (Å²) in [5.74, 6) is 0.0623. The molecule has 26 heavy (non-hydrogen) atoms. The molecule has 0 spiro atoms. The minimum absolute atomic E-state index is 0.0106. The largest absolute Gasteiger partial charge is 0.496 e. The summed E-state index contributed by atoms with van der Waals surface area (Å²) in [6.45, 7) is 2.39. The molecule has 1 aromatic heterocycles. The summed E-state index contributed by atoms with van der Waals surface area (Å²) < 4.78 is 15.4. The zero-order valence-corrected chi connectivity index (χ0v) is 14.4. The smallest absolute Gasteiger partial charge is 0.315 e. The van der Waals surface area contributed by atoms with Crippen LogP contribution in [0, 0.1) is 0 Å². The van der Waals surface area contributed by atoms with Crippen molar-refractivity contribution in [2.45, 2.75) is 13.0 Å². The van der Waals surface area contributed by atoms with Gasteiger partial charge in [0, 0.05) is 25.2 Å². The number of nitrogens with one attached hydrogen (secondary N) is 1. The van der Waals surface area contributed by atoms with E-state index in [1.807, 2.05) is 24.3 Å². The Hall–Kier alpha value is -2.94. The van der Waals surface area contributed by atoms with Gasteiger partial charge < -0.3 is 24.2 Å². The average molecular weight is 360 g/mol. The van der Waals surface area contributed by atoms with Crippen molar-refractivity contribution in [3.05, 3.63) is 41.5 Å². The predicted molar refractivity (Wildman–Crippen MR) is 89.6 cm³/mol. The monoisotopic (exact) mass is 360 g/mol. The summed E-state index contributed by atoms with van der Waals surface area (Å²) in [6, 6.07) is 7.36. The molecule has 0 saturated carbocycles. The maximum atomic E-state index is 12.2. The summed E-state index contributed by atoms with van der Waals surface area (Å²) in [5.41, 5.74) is 0.825. The number of morpholine rings is 1. The Kier molecular flexibility index (Phi) is 5.80. The molecule has 0 aliphatic carbocycles. The van der Waals surface area contributed by atoms with Crippen molar-refractivity contribution in [3.8, 4) is 5.75 Å². The number of nitrogens with zero attached hydrogens (tertiary/aromatic N) is 3. The van der Waals surface area contributed by atoms with Crippen molar-refractivity contribution < 1.29 is 23.6 Å². The molecule has 1 saturated heterocycles. The third-order valence-electron chi connectivity index (χ3n) is 3.97. The molecule has 3 rings (SSSR count). The molecule has 138 valence electrons. The van der Waals surface area contributed by atoms with Crippen molar-refractivity contribution in [2.75, 3.05) is 33.4 Å². The lowest BCUT2D eigenvalue weighted by atomic mass is 10.2. The topological polar surface area (TPSA) is 107 Å². The lowest BCUT2D eigenvalue weighted by Crippen LogP contribution is -2.41. The third-order valence-corrected chi connectivity index (χ3v) is 3.97. The van der Waals surface area contributed by atoms with Crippen LogP contribution in [-0.4, -0.2) is 60.3 Å². The number of benzene rings is 1. The van der Waals surface area contributed by atoms with E-state index in [1.54, 1.807) is 12.0 Å². The summed E-state index contributed by atoms with van der Waals surface area (Å²) >= 11 is 0. The van der Waals surface area contributed by atoms with Gasteiger partial charge in [-0.25, -0.2) is 0 Å². The molecule has 2 heterocycles. The highest BCUT2D eigenvalue weighted by atomic mass is 16.5. The van der Waals surface area contributed by atoms with Gasteiger partial charge in [-0.05, 0) is 6.07 Å². The average Bonchev–Trinajstić information content (AvgIpc) is 3.15. The maximum Gasteiger partial charge on any atom is 0.315 e. The van der Waals surface area contributed by atoms with E-state index < -0.39 is 5.91 Å². The lowest BCUT2D eigenvalue weighted by molar-refractivity contribution is -0.134. The maximum absolute atomic E-state index is 12.2. The highest BCUT2D eigenvalue weighted by Crippen LogP contribution is 2.16. The van der Waals surface area contributed by atoms with E-state index in [2.05, 4.69) is 15.5 Å². The first-order valence-corrected chi connectivity index (χ1v) is 8.25. The molecule has 1 aromatic carbocycles. The number of para-hydroxylation sites is 1. The second kappa shape index (κ2) is 8.43. The molecule has 0 radical (unpaired) electrons. The van der Waals surface area contributed by atoms with E-state index in [0.29, 0.717) is 32.1 Å². The molecule has 0 atom stereocenters. The van der Waals surface area contributed by atoms with E-state index in [-0.39, 0.29) is 30.6 Å². The van der Waals surface area contributed by atoms with Gasteiger partial charge in [-0.2, -0.15) is 4.98 Å². The number of aromatic nitrogens is 2. The Morgan fingerprint density at radius 1 is 1.27 bits per heavy atom. The van der Waals surface area contributed by atoms with Gasteiger partial charge in [-0.15, -0.1) is 0 Å². The van der Waals surface area contributed by atoms with Gasteiger partial charge >= 0.3 is 11.8 Å². The van der Waals surface area contributed by atoms with Gasteiger partial charge in [-0.3, -0.25) is 9.59 Å². The van der Waals surface area contributed by atoms with Gasteiger partial charge in [0.05, 0.1) is 26.7 Å².